The standard InChI is InChI=1S/C12H11FN2O2.C11H9FN2O2.CH4O/c1-15-7-9(6-14-15)10-4-3-8(5-11(10)13)12(16)17-2;1-16-11(15)7-2-3-9(10(12)4-7)8-5-13-14-6-8;1-2/h3-7H,1-2H3;2-6H,1H3,(H,13,14);2H,1H3/i1D3;;1D3,2D. The van der Waals surface area contributed by atoms with E-state index in [2.05, 4.69) is 29.9 Å². The van der Waals surface area contributed by atoms with Crippen LogP contribution in [-0.4, -0.2) is 59.7 Å². The Labute approximate surface area is 209 Å². The van der Waals surface area contributed by atoms with Crippen molar-refractivity contribution in [1.82, 2.24) is 20.0 Å². The lowest BCUT2D eigenvalue weighted by atomic mass is 10.1. The minimum atomic E-state index is -2.54. The molecule has 0 bridgehead atoms. The minimum Gasteiger partial charge on any atom is -0.465 e. The number of esters is 2. The first-order chi connectivity index (χ1) is 19.6. The van der Waals surface area contributed by atoms with Crippen LogP contribution in [0.15, 0.2) is 61.2 Å². The maximum absolute atomic E-state index is 14.0. The number of rotatable bonds is 4. The zero-order chi connectivity index (χ0) is 31.7. The van der Waals surface area contributed by atoms with Crippen molar-refractivity contribution in [2.75, 3.05) is 21.3 Å². The molecule has 184 valence electrons. The third-order valence-electron chi connectivity index (χ3n) is 4.48. The van der Waals surface area contributed by atoms with Gasteiger partial charge in [0.25, 0.3) is 0 Å². The van der Waals surface area contributed by atoms with Crippen molar-refractivity contribution in [2.24, 2.45) is 6.98 Å². The molecule has 0 aliphatic heterocycles. The first-order valence-electron chi connectivity index (χ1n) is 13.0. The molecule has 4 aromatic rings. The van der Waals surface area contributed by atoms with Gasteiger partial charge in [0.2, 0.25) is 1.43 Å². The van der Waals surface area contributed by atoms with Gasteiger partial charge < -0.3 is 14.6 Å². The van der Waals surface area contributed by atoms with Crippen molar-refractivity contribution in [3.8, 4) is 22.3 Å². The smallest absolute Gasteiger partial charge is 0.337 e. The largest absolute Gasteiger partial charge is 0.465 e. The monoisotopic (exact) mass is 493 g/mol. The molecule has 0 spiro atoms. The Morgan fingerprint density at radius 1 is 1.00 bits per heavy atom. The molecule has 0 unspecified atom stereocenters. The maximum Gasteiger partial charge on any atom is 0.337 e. The van der Waals surface area contributed by atoms with Gasteiger partial charge in [0.05, 0.1) is 41.9 Å². The second kappa shape index (κ2) is 12.8. The van der Waals surface area contributed by atoms with Gasteiger partial charge in [0.1, 0.15) is 11.6 Å². The molecule has 35 heavy (non-hydrogen) atoms. The van der Waals surface area contributed by atoms with Crippen molar-refractivity contribution >= 4 is 11.9 Å². The van der Waals surface area contributed by atoms with Crippen LogP contribution >= 0.6 is 0 Å². The number of nitrogens with one attached hydrogen (secondary N) is 1. The number of aromatic nitrogens is 4. The van der Waals surface area contributed by atoms with E-state index in [1.165, 1.54) is 57.1 Å². The molecule has 0 aliphatic carbocycles. The second-order valence-electron chi connectivity index (χ2n) is 6.53. The van der Waals surface area contributed by atoms with E-state index in [0.717, 1.165) is 16.8 Å². The molecule has 0 saturated heterocycles. The Balaban J connectivity index is 0.000000250. The summed E-state index contributed by atoms with van der Waals surface area (Å²) < 4.78 is 83.1. The van der Waals surface area contributed by atoms with Gasteiger partial charge >= 0.3 is 11.9 Å². The maximum atomic E-state index is 14.0. The lowest BCUT2D eigenvalue weighted by Gasteiger charge is -2.03. The molecule has 0 amide bonds. The molecule has 0 saturated carbocycles. The summed E-state index contributed by atoms with van der Waals surface area (Å²) in [5.41, 5.74) is 1.77. The molecular weight excluding hydrogens is 462 g/mol. The Bertz CT molecular complexity index is 1490. The van der Waals surface area contributed by atoms with Crippen LogP contribution in [-0.2, 0) is 16.4 Å². The van der Waals surface area contributed by atoms with Crippen LogP contribution in [0.5, 0.6) is 0 Å². The van der Waals surface area contributed by atoms with E-state index < -0.39 is 37.6 Å². The number of carbonyl (C=O) groups excluding carboxylic acids is 2. The molecule has 2 N–H and O–H groups in total. The van der Waals surface area contributed by atoms with Gasteiger partial charge in [-0.2, -0.15) is 10.2 Å². The van der Waals surface area contributed by atoms with Gasteiger partial charge in [-0.25, -0.2) is 18.4 Å². The third kappa shape index (κ3) is 6.81. The summed E-state index contributed by atoms with van der Waals surface area (Å²) in [4.78, 5) is 22.4. The van der Waals surface area contributed by atoms with Gasteiger partial charge in [0.15, 0.2) is 0 Å². The molecule has 0 fully saturated rings. The van der Waals surface area contributed by atoms with Crippen molar-refractivity contribution < 1.29 is 41.2 Å². The fraction of sp³-hybridized carbons (Fsp3) is 0.167. The second-order valence-corrected chi connectivity index (χ2v) is 6.53. The van der Waals surface area contributed by atoms with Gasteiger partial charge in [-0.3, -0.25) is 9.78 Å². The predicted octanol–water partition coefficient (Wildman–Crippen LogP) is 3.62. The van der Waals surface area contributed by atoms with Crippen molar-refractivity contribution in [2.45, 2.75) is 0 Å². The average Bonchev–Trinajstić information content (AvgIpc) is 3.65. The summed E-state index contributed by atoms with van der Waals surface area (Å²) in [5.74, 6) is -2.34. The molecule has 4 rings (SSSR count). The highest BCUT2D eigenvalue weighted by molar-refractivity contribution is 5.90. The number of carbonyl (C=O) groups is 2. The topological polar surface area (TPSA) is 119 Å². The summed E-state index contributed by atoms with van der Waals surface area (Å²) in [5, 5.41) is 13.2. The fourth-order valence-corrected chi connectivity index (χ4v) is 2.85. The van der Waals surface area contributed by atoms with Crippen LogP contribution in [0, 0.1) is 11.6 Å². The number of H-pyrrole nitrogens is 1. The number of methoxy groups -OCH3 is 2. The normalized spacial score (nSPS) is 13.4. The molecule has 2 heterocycles. The number of benzene rings is 2. The number of aliphatic hydroxyl groups is 1. The van der Waals surface area contributed by atoms with Crippen molar-refractivity contribution in [1.29, 1.82) is 1.43 Å². The number of nitrogens with zero attached hydrogens (tertiary/aromatic N) is 3. The molecule has 11 heteroatoms. The van der Waals surface area contributed by atoms with E-state index in [9.17, 15) is 18.4 Å². The molecule has 2 aromatic heterocycles. The zero-order valence-electron chi connectivity index (χ0n) is 25.4. The number of halogens is 2. The average molecular weight is 494 g/mol. The quantitative estimate of drug-likeness (QED) is 0.417. The molecule has 0 atom stereocenters. The first-order valence-corrected chi connectivity index (χ1v) is 9.56. The first kappa shape index (κ1) is 18.0. The van der Waals surface area contributed by atoms with Crippen LogP contribution in [0.1, 0.15) is 28.9 Å². The highest BCUT2D eigenvalue weighted by Gasteiger charge is 2.12. The van der Waals surface area contributed by atoms with Crippen molar-refractivity contribution in [3.05, 3.63) is 83.9 Å². The van der Waals surface area contributed by atoms with Gasteiger partial charge in [-0.05, 0) is 24.3 Å². The Morgan fingerprint density at radius 2 is 1.57 bits per heavy atom. The zero-order valence-corrected chi connectivity index (χ0v) is 18.4. The minimum absolute atomic E-state index is 0.0805. The Hall–Kier alpha value is -4.38. The number of aryl methyl sites for hydroxylation is 1. The van der Waals surface area contributed by atoms with Crippen LogP contribution in [0.4, 0.5) is 8.78 Å². The Morgan fingerprint density at radius 3 is 1.97 bits per heavy atom. The van der Waals surface area contributed by atoms with E-state index in [4.69, 9.17) is 9.66 Å². The summed E-state index contributed by atoms with van der Waals surface area (Å²) in [6, 6.07) is 7.99. The molecular formula is C24H24F2N4O5. The molecule has 0 radical (unpaired) electrons. The SMILES string of the molecule is COC(=O)c1ccc(-c2cn[nH]c2)c(F)c1.[2H]C([2H])([2H])n1cc(-c2ccc(C(=O)OC)cc2F)cn1.[2H]OC([2H])([2H])[2H]. The summed E-state index contributed by atoms with van der Waals surface area (Å²) in [7, 11) is -0.0846. The number of ether oxygens (including phenoxy) is 2. The van der Waals surface area contributed by atoms with Gasteiger partial charge in [0, 0.05) is 52.8 Å². The van der Waals surface area contributed by atoms with Crippen LogP contribution in [0.2, 0.25) is 0 Å². The lowest BCUT2D eigenvalue weighted by molar-refractivity contribution is 0.0591. The van der Waals surface area contributed by atoms with E-state index in [0.29, 0.717) is 16.7 Å². The molecule has 0 aliphatic rings. The van der Waals surface area contributed by atoms with Crippen LogP contribution in [0.25, 0.3) is 22.3 Å². The van der Waals surface area contributed by atoms with E-state index in [-0.39, 0.29) is 16.7 Å². The van der Waals surface area contributed by atoms with Gasteiger partial charge in [-0.15, -0.1) is 0 Å². The molecule has 2 aromatic carbocycles. The lowest BCUT2D eigenvalue weighted by Crippen LogP contribution is -2.01. The van der Waals surface area contributed by atoms with Gasteiger partial charge in [-0.1, -0.05) is 12.1 Å². The van der Waals surface area contributed by atoms with Crippen molar-refractivity contribution in [3.63, 3.8) is 0 Å². The predicted molar refractivity (Wildman–Crippen MR) is 123 cm³/mol. The summed E-state index contributed by atoms with van der Waals surface area (Å²) >= 11 is 0. The molecule has 9 nitrogen and oxygen atoms in total. The van der Waals surface area contributed by atoms with E-state index in [1.807, 2.05) is 0 Å². The van der Waals surface area contributed by atoms with E-state index in [1.54, 1.807) is 6.20 Å². The number of aromatic amines is 1. The highest BCUT2D eigenvalue weighted by Crippen LogP contribution is 2.24. The Kier molecular flexibility index (Phi) is 6.56. The fourth-order valence-electron chi connectivity index (χ4n) is 2.85. The summed E-state index contributed by atoms with van der Waals surface area (Å²) in [6.45, 7) is -2.42. The van der Waals surface area contributed by atoms with Crippen LogP contribution in [0.3, 0.4) is 0 Å². The number of hydrogen-bond donors (Lipinski definition) is 2. The van der Waals surface area contributed by atoms with E-state index >= 15 is 0 Å². The summed E-state index contributed by atoms with van der Waals surface area (Å²) in [6.07, 6.45) is 5.57. The highest BCUT2D eigenvalue weighted by atomic mass is 19.1. The number of hydrogen-bond acceptors (Lipinski definition) is 7. The third-order valence-corrected chi connectivity index (χ3v) is 4.48. The van der Waals surface area contributed by atoms with Crippen LogP contribution < -0.4 is 0 Å².